The maximum absolute atomic E-state index is 5.62. The Kier molecular flexibility index (Phi) is 4.86. The number of hydrazine groups is 1. The van der Waals surface area contributed by atoms with Gasteiger partial charge in [0.15, 0.2) is 0 Å². The standard InChI is InChI=1S/C14H18N4O2/c1-3-20-11-6-4-10(5-7-11)14(16-15)12-8-9-13(19-2)18-17-12/h4-9,14,16H,3,15H2,1-2H3. The molecule has 1 aromatic heterocycles. The van der Waals surface area contributed by atoms with Crippen molar-refractivity contribution in [3.8, 4) is 11.6 Å². The summed E-state index contributed by atoms with van der Waals surface area (Å²) in [7, 11) is 1.55. The second-order valence-electron chi connectivity index (χ2n) is 4.10. The minimum atomic E-state index is -0.232. The third-order valence-corrected chi connectivity index (χ3v) is 2.86. The summed E-state index contributed by atoms with van der Waals surface area (Å²) >= 11 is 0. The Hall–Kier alpha value is -2.18. The van der Waals surface area contributed by atoms with Gasteiger partial charge in [0.1, 0.15) is 5.75 Å². The number of benzene rings is 1. The van der Waals surface area contributed by atoms with Crippen LogP contribution in [0.2, 0.25) is 0 Å². The van der Waals surface area contributed by atoms with Gasteiger partial charge in [-0.1, -0.05) is 12.1 Å². The molecule has 6 heteroatoms. The molecule has 0 saturated heterocycles. The lowest BCUT2D eigenvalue weighted by Crippen LogP contribution is -2.29. The summed E-state index contributed by atoms with van der Waals surface area (Å²) in [6.07, 6.45) is 0. The van der Waals surface area contributed by atoms with Gasteiger partial charge in [-0.3, -0.25) is 5.84 Å². The van der Waals surface area contributed by atoms with E-state index in [1.165, 1.54) is 0 Å². The van der Waals surface area contributed by atoms with Crippen LogP contribution in [0.4, 0.5) is 0 Å². The summed E-state index contributed by atoms with van der Waals surface area (Å²) in [5.74, 6) is 6.92. The van der Waals surface area contributed by atoms with Crippen molar-refractivity contribution in [2.75, 3.05) is 13.7 Å². The van der Waals surface area contributed by atoms with Crippen LogP contribution in [0.3, 0.4) is 0 Å². The normalized spacial score (nSPS) is 11.9. The number of methoxy groups -OCH3 is 1. The Morgan fingerprint density at radius 1 is 1.15 bits per heavy atom. The van der Waals surface area contributed by atoms with Crippen molar-refractivity contribution < 1.29 is 9.47 Å². The highest BCUT2D eigenvalue weighted by Crippen LogP contribution is 2.22. The lowest BCUT2D eigenvalue weighted by molar-refractivity contribution is 0.340. The van der Waals surface area contributed by atoms with Crippen molar-refractivity contribution in [1.82, 2.24) is 15.6 Å². The van der Waals surface area contributed by atoms with Crippen LogP contribution in [0.15, 0.2) is 36.4 Å². The summed E-state index contributed by atoms with van der Waals surface area (Å²) in [5.41, 5.74) is 4.44. The van der Waals surface area contributed by atoms with E-state index in [-0.39, 0.29) is 6.04 Å². The van der Waals surface area contributed by atoms with Crippen LogP contribution in [-0.2, 0) is 0 Å². The second kappa shape index (κ2) is 6.83. The predicted octanol–water partition coefficient (Wildman–Crippen LogP) is 1.44. The largest absolute Gasteiger partial charge is 0.494 e. The van der Waals surface area contributed by atoms with Gasteiger partial charge < -0.3 is 9.47 Å². The first kappa shape index (κ1) is 14.2. The molecule has 0 aliphatic heterocycles. The van der Waals surface area contributed by atoms with Crippen molar-refractivity contribution in [2.24, 2.45) is 5.84 Å². The molecule has 0 bridgehead atoms. The molecule has 0 aliphatic rings. The molecule has 0 amide bonds. The first-order valence-electron chi connectivity index (χ1n) is 6.35. The van der Waals surface area contributed by atoms with E-state index in [0.717, 1.165) is 17.0 Å². The number of aromatic nitrogens is 2. The quantitative estimate of drug-likeness (QED) is 0.612. The third-order valence-electron chi connectivity index (χ3n) is 2.86. The minimum absolute atomic E-state index is 0.232. The molecule has 1 aromatic carbocycles. The summed E-state index contributed by atoms with van der Waals surface area (Å²) in [5, 5.41) is 8.05. The molecule has 1 unspecified atom stereocenters. The first-order chi connectivity index (χ1) is 9.78. The van der Waals surface area contributed by atoms with E-state index in [2.05, 4.69) is 15.6 Å². The fourth-order valence-electron chi connectivity index (χ4n) is 1.87. The van der Waals surface area contributed by atoms with Crippen molar-refractivity contribution in [2.45, 2.75) is 13.0 Å². The zero-order chi connectivity index (χ0) is 14.4. The highest BCUT2D eigenvalue weighted by Gasteiger charge is 2.14. The monoisotopic (exact) mass is 274 g/mol. The molecule has 2 aromatic rings. The number of nitrogens with zero attached hydrogens (tertiary/aromatic N) is 2. The average molecular weight is 274 g/mol. The Bertz CT molecular complexity index is 528. The molecule has 6 nitrogen and oxygen atoms in total. The zero-order valence-corrected chi connectivity index (χ0v) is 11.5. The van der Waals surface area contributed by atoms with E-state index < -0.39 is 0 Å². The van der Waals surface area contributed by atoms with Crippen molar-refractivity contribution >= 4 is 0 Å². The fraction of sp³-hybridized carbons (Fsp3) is 0.286. The third kappa shape index (κ3) is 3.23. The highest BCUT2D eigenvalue weighted by molar-refractivity contribution is 5.33. The van der Waals surface area contributed by atoms with Crippen LogP contribution in [0.1, 0.15) is 24.2 Å². The van der Waals surface area contributed by atoms with E-state index in [4.69, 9.17) is 15.3 Å². The van der Waals surface area contributed by atoms with E-state index in [1.54, 1.807) is 13.2 Å². The van der Waals surface area contributed by atoms with Gasteiger partial charge in [0.2, 0.25) is 5.88 Å². The molecular formula is C14H18N4O2. The van der Waals surface area contributed by atoms with E-state index >= 15 is 0 Å². The number of ether oxygens (including phenoxy) is 2. The lowest BCUT2D eigenvalue weighted by atomic mass is 10.0. The molecule has 2 rings (SSSR count). The Balaban J connectivity index is 2.21. The van der Waals surface area contributed by atoms with Gasteiger partial charge in [-0.05, 0) is 30.7 Å². The molecule has 0 aliphatic carbocycles. The van der Waals surface area contributed by atoms with Gasteiger partial charge in [-0.25, -0.2) is 5.43 Å². The fourth-order valence-corrected chi connectivity index (χ4v) is 1.87. The Morgan fingerprint density at radius 2 is 1.90 bits per heavy atom. The average Bonchev–Trinajstić information content (AvgIpc) is 2.51. The van der Waals surface area contributed by atoms with Crippen molar-refractivity contribution in [3.63, 3.8) is 0 Å². The smallest absolute Gasteiger partial charge is 0.233 e. The van der Waals surface area contributed by atoms with Crippen LogP contribution in [0.5, 0.6) is 11.6 Å². The molecule has 0 saturated carbocycles. The van der Waals surface area contributed by atoms with Crippen LogP contribution < -0.4 is 20.7 Å². The number of nitrogens with one attached hydrogen (secondary N) is 1. The molecule has 106 valence electrons. The molecule has 1 heterocycles. The van der Waals surface area contributed by atoms with Gasteiger partial charge in [0.25, 0.3) is 0 Å². The number of hydrogen-bond donors (Lipinski definition) is 2. The maximum atomic E-state index is 5.62. The number of nitrogens with two attached hydrogens (primary N) is 1. The van der Waals surface area contributed by atoms with Gasteiger partial charge >= 0.3 is 0 Å². The summed E-state index contributed by atoms with van der Waals surface area (Å²) in [6.45, 7) is 2.59. The Labute approximate surface area is 117 Å². The molecule has 0 fully saturated rings. The van der Waals surface area contributed by atoms with Crippen LogP contribution in [-0.4, -0.2) is 23.9 Å². The van der Waals surface area contributed by atoms with E-state index in [9.17, 15) is 0 Å². The Morgan fingerprint density at radius 3 is 2.40 bits per heavy atom. The lowest BCUT2D eigenvalue weighted by Gasteiger charge is -2.16. The number of rotatable bonds is 6. The van der Waals surface area contributed by atoms with Crippen LogP contribution in [0.25, 0.3) is 0 Å². The summed E-state index contributed by atoms with van der Waals surface area (Å²) in [4.78, 5) is 0. The topological polar surface area (TPSA) is 82.3 Å². The maximum Gasteiger partial charge on any atom is 0.233 e. The van der Waals surface area contributed by atoms with Crippen molar-refractivity contribution in [3.05, 3.63) is 47.7 Å². The molecular weight excluding hydrogens is 256 g/mol. The van der Waals surface area contributed by atoms with Gasteiger partial charge in [0.05, 0.1) is 25.5 Å². The number of hydrogen-bond acceptors (Lipinski definition) is 6. The van der Waals surface area contributed by atoms with Gasteiger partial charge in [-0.15, -0.1) is 10.2 Å². The molecule has 0 spiro atoms. The molecule has 3 N–H and O–H groups in total. The van der Waals surface area contributed by atoms with E-state index in [0.29, 0.717) is 12.5 Å². The second-order valence-corrected chi connectivity index (χ2v) is 4.10. The molecule has 0 radical (unpaired) electrons. The van der Waals surface area contributed by atoms with Crippen LogP contribution >= 0.6 is 0 Å². The van der Waals surface area contributed by atoms with Crippen molar-refractivity contribution in [1.29, 1.82) is 0 Å². The zero-order valence-electron chi connectivity index (χ0n) is 11.5. The minimum Gasteiger partial charge on any atom is -0.494 e. The summed E-state index contributed by atoms with van der Waals surface area (Å²) in [6, 6.07) is 11.0. The first-order valence-corrected chi connectivity index (χ1v) is 6.35. The van der Waals surface area contributed by atoms with E-state index in [1.807, 2.05) is 37.3 Å². The SMILES string of the molecule is CCOc1ccc(C(NN)c2ccc(OC)nn2)cc1. The highest BCUT2D eigenvalue weighted by atomic mass is 16.5. The van der Waals surface area contributed by atoms with Crippen LogP contribution in [0, 0.1) is 0 Å². The summed E-state index contributed by atoms with van der Waals surface area (Å²) < 4.78 is 10.4. The van der Waals surface area contributed by atoms with Gasteiger partial charge in [-0.2, -0.15) is 0 Å². The van der Waals surface area contributed by atoms with Gasteiger partial charge in [0, 0.05) is 6.07 Å². The molecule has 1 atom stereocenters. The predicted molar refractivity (Wildman–Crippen MR) is 75.4 cm³/mol. The molecule has 20 heavy (non-hydrogen) atoms.